The summed E-state index contributed by atoms with van der Waals surface area (Å²) in [6.45, 7) is 2.56. The van der Waals surface area contributed by atoms with Gasteiger partial charge in [0.25, 0.3) is 0 Å². The highest BCUT2D eigenvalue weighted by atomic mass is 35.5. The molecule has 0 spiro atoms. The van der Waals surface area contributed by atoms with Gasteiger partial charge >= 0.3 is 12.0 Å². The molecule has 15 heavy (non-hydrogen) atoms. The summed E-state index contributed by atoms with van der Waals surface area (Å²) >= 11 is 5.63. The summed E-state index contributed by atoms with van der Waals surface area (Å²) in [7, 11) is 0. The molecule has 0 saturated carbocycles. The van der Waals surface area contributed by atoms with Crippen LogP contribution in [0.1, 0.15) is 13.3 Å². The zero-order valence-electron chi connectivity index (χ0n) is 8.23. The van der Waals surface area contributed by atoms with E-state index in [9.17, 15) is 0 Å². The zero-order valence-corrected chi connectivity index (χ0v) is 8.99. The first-order valence-corrected chi connectivity index (χ1v) is 4.74. The number of terminal acetylenes is 1. The van der Waals surface area contributed by atoms with Gasteiger partial charge in [0.2, 0.25) is 5.28 Å². The minimum absolute atomic E-state index is 0.0168. The molecule has 0 amide bonds. The second-order valence-electron chi connectivity index (χ2n) is 2.51. The first-order chi connectivity index (χ1) is 7.26. The number of hydrogen-bond acceptors (Lipinski definition) is 5. The molecule has 0 aliphatic heterocycles. The SMILES string of the molecule is C#CCOc1nc(Cl)nc(OCCC)n1. The van der Waals surface area contributed by atoms with E-state index in [1.807, 2.05) is 6.92 Å². The lowest BCUT2D eigenvalue weighted by atomic mass is 10.5. The minimum Gasteiger partial charge on any atom is -0.463 e. The van der Waals surface area contributed by atoms with Gasteiger partial charge in [-0.3, -0.25) is 0 Å². The maximum atomic E-state index is 5.63. The molecule has 0 radical (unpaired) electrons. The molecule has 0 atom stereocenters. The van der Waals surface area contributed by atoms with Crippen LogP contribution < -0.4 is 9.47 Å². The topological polar surface area (TPSA) is 57.1 Å². The van der Waals surface area contributed by atoms with Crippen molar-refractivity contribution in [1.29, 1.82) is 0 Å². The summed E-state index contributed by atoms with van der Waals surface area (Å²) in [5.41, 5.74) is 0. The van der Waals surface area contributed by atoms with Crippen LogP contribution >= 0.6 is 11.6 Å². The third-order valence-electron chi connectivity index (χ3n) is 1.29. The van der Waals surface area contributed by atoms with Crippen LogP contribution in [0.4, 0.5) is 0 Å². The second kappa shape index (κ2) is 6.04. The zero-order chi connectivity index (χ0) is 11.1. The normalized spacial score (nSPS) is 9.40. The van der Waals surface area contributed by atoms with Crippen molar-refractivity contribution >= 4 is 11.6 Å². The maximum absolute atomic E-state index is 5.63. The van der Waals surface area contributed by atoms with Crippen molar-refractivity contribution in [2.24, 2.45) is 0 Å². The standard InChI is InChI=1S/C9H10ClN3O2/c1-3-5-14-8-11-7(10)12-9(13-8)15-6-4-2/h1H,4-6H2,2H3. The molecule has 0 fully saturated rings. The summed E-state index contributed by atoms with van der Waals surface area (Å²) in [6.07, 6.45) is 5.87. The Morgan fingerprint density at radius 2 is 1.93 bits per heavy atom. The molecule has 0 bridgehead atoms. The number of aromatic nitrogens is 3. The van der Waals surface area contributed by atoms with Gasteiger partial charge in [-0.05, 0) is 18.0 Å². The summed E-state index contributed by atoms with van der Waals surface area (Å²) in [5.74, 6) is 2.29. The molecule has 0 aliphatic carbocycles. The van der Waals surface area contributed by atoms with E-state index in [2.05, 4.69) is 20.9 Å². The number of ether oxygens (including phenoxy) is 2. The molecule has 5 nitrogen and oxygen atoms in total. The molecule has 6 heteroatoms. The Hall–Kier alpha value is -1.54. The predicted octanol–water partition coefficient (Wildman–Crippen LogP) is 1.33. The molecular formula is C9H10ClN3O2. The minimum atomic E-state index is 0.0168. The highest BCUT2D eigenvalue weighted by Crippen LogP contribution is 2.12. The third-order valence-corrected chi connectivity index (χ3v) is 1.46. The molecule has 0 aromatic carbocycles. The van der Waals surface area contributed by atoms with Crippen LogP contribution in [0.2, 0.25) is 5.28 Å². The molecule has 0 aliphatic rings. The Bertz CT molecular complexity index is 365. The van der Waals surface area contributed by atoms with Gasteiger partial charge < -0.3 is 9.47 Å². The molecule has 0 N–H and O–H groups in total. The molecule has 1 rings (SSSR count). The Kier molecular flexibility index (Phi) is 4.64. The first kappa shape index (κ1) is 11.5. The van der Waals surface area contributed by atoms with Gasteiger partial charge in [0.05, 0.1) is 6.61 Å². The van der Waals surface area contributed by atoms with Gasteiger partial charge in [-0.25, -0.2) is 0 Å². The summed E-state index contributed by atoms with van der Waals surface area (Å²) < 4.78 is 10.2. The van der Waals surface area contributed by atoms with Crippen LogP contribution in [0.3, 0.4) is 0 Å². The highest BCUT2D eigenvalue weighted by Gasteiger charge is 2.06. The van der Waals surface area contributed by atoms with E-state index < -0.39 is 0 Å². The van der Waals surface area contributed by atoms with E-state index in [0.717, 1.165) is 6.42 Å². The predicted molar refractivity (Wildman–Crippen MR) is 55.0 cm³/mol. The molecule has 1 aromatic heterocycles. The molecule has 0 unspecified atom stereocenters. The number of nitrogens with zero attached hydrogens (tertiary/aromatic N) is 3. The monoisotopic (exact) mass is 227 g/mol. The fourth-order valence-electron chi connectivity index (χ4n) is 0.743. The summed E-state index contributed by atoms with van der Waals surface area (Å²) in [6, 6.07) is 0.211. The lowest BCUT2D eigenvalue weighted by molar-refractivity contribution is 0.275. The van der Waals surface area contributed by atoms with Crippen LogP contribution in [0.25, 0.3) is 0 Å². The van der Waals surface area contributed by atoms with Gasteiger partial charge in [-0.1, -0.05) is 12.8 Å². The number of halogens is 1. The Labute approximate surface area is 92.8 Å². The maximum Gasteiger partial charge on any atom is 0.324 e. The van der Waals surface area contributed by atoms with Crippen LogP contribution in [-0.4, -0.2) is 28.2 Å². The van der Waals surface area contributed by atoms with Gasteiger partial charge in [0.15, 0.2) is 6.61 Å². The number of hydrogen-bond donors (Lipinski definition) is 0. The number of rotatable bonds is 5. The quantitative estimate of drug-likeness (QED) is 0.711. The average Bonchev–Trinajstić information content (AvgIpc) is 2.23. The fourth-order valence-corrected chi connectivity index (χ4v) is 0.888. The van der Waals surface area contributed by atoms with E-state index >= 15 is 0 Å². The van der Waals surface area contributed by atoms with Crippen molar-refractivity contribution < 1.29 is 9.47 Å². The van der Waals surface area contributed by atoms with E-state index in [4.69, 9.17) is 27.5 Å². The lowest BCUT2D eigenvalue weighted by Gasteiger charge is -2.04. The Balaban J connectivity index is 2.71. The van der Waals surface area contributed by atoms with Crippen LogP contribution in [-0.2, 0) is 0 Å². The lowest BCUT2D eigenvalue weighted by Crippen LogP contribution is -2.05. The van der Waals surface area contributed by atoms with Crippen molar-refractivity contribution in [3.05, 3.63) is 5.28 Å². The van der Waals surface area contributed by atoms with E-state index in [1.54, 1.807) is 0 Å². The highest BCUT2D eigenvalue weighted by molar-refractivity contribution is 6.28. The van der Waals surface area contributed by atoms with E-state index in [1.165, 1.54) is 0 Å². The third kappa shape index (κ3) is 4.00. The smallest absolute Gasteiger partial charge is 0.324 e. The van der Waals surface area contributed by atoms with E-state index in [-0.39, 0.29) is 23.9 Å². The largest absolute Gasteiger partial charge is 0.463 e. The average molecular weight is 228 g/mol. The van der Waals surface area contributed by atoms with Gasteiger partial charge in [-0.15, -0.1) is 11.4 Å². The van der Waals surface area contributed by atoms with Crippen molar-refractivity contribution in [2.75, 3.05) is 13.2 Å². The van der Waals surface area contributed by atoms with Crippen molar-refractivity contribution in [2.45, 2.75) is 13.3 Å². The van der Waals surface area contributed by atoms with Gasteiger partial charge in [0, 0.05) is 0 Å². The van der Waals surface area contributed by atoms with Crippen molar-refractivity contribution in [3.63, 3.8) is 0 Å². The fraction of sp³-hybridized carbons (Fsp3) is 0.444. The van der Waals surface area contributed by atoms with Crippen LogP contribution in [0, 0.1) is 12.3 Å². The molecule has 80 valence electrons. The first-order valence-electron chi connectivity index (χ1n) is 4.37. The molecule has 1 aromatic rings. The molecule has 1 heterocycles. The second-order valence-corrected chi connectivity index (χ2v) is 2.85. The Morgan fingerprint density at radius 1 is 1.27 bits per heavy atom. The van der Waals surface area contributed by atoms with Crippen LogP contribution in [0.5, 0.6) is 12.0 Å². The molecular weight excluding hydrogens is 218 g/mol. The van der Waals surface area contributed by atoms with E-state index in [0.29, 0.717) is 6.61 Å². The van der Waals surface area contributed by atoms with Crippen molar-refractivity contribution in [1.82, 2.24) is 15.0 Å². The Morgan fingerprint density at radius 3 is 2.53 bits per heavy atom. The van der Waals surface area contributed by atoms with Crippen LogP contribution in [0.15, 0.2) is 0 Å². The van der Waals surface area contributed by atoms with Gasteiger partial charge in [0.1, 0.15) is 0 Å². The summed E-state index contributed by atoms with van der Waals surface area (Å²) in [5, 5.41) is 0.0168. The van der Waals surface area contributed by atoms with Crippen molar-refractivity contribution in [3.8, 4) is 24.4 Å². The summed E-state index contributed by atoms with van der Waals surface area (Å²) in [4.78, 5) is 11.4. The van der Waals surface area contributed by atoms with Gasteiger partial charge in [-0.2, -0.15) is 9.97 Å². The molecule has 0 saturated heterocycles.